The van der Waals surface area contributed by atoms with Crippen molar-refractivity contribution in [3.05, 3.63) is 48.5 Å². The molecule has 0 aliphatic heterocycles. The maximum Gasteiger partial charge on any atom is 0.335 e. The van der Waals surface area contributed by atoms with Gasteiger partial charge in [-0.2, -0.15) is 0 Å². The summed E-state index contributed by atoms with van der Waals surface area (Å²) >= 11 is 0. The van der Waals surface area contributed by atoms with Gasteiger partial charge in [-0.05, 0) is 37.8 Å². The highest BCUT2D eigenvalue weighted by Crippen LogP contribution is 2.26. The first-order valence-corrected chi connectivity index (χ1v) is 6.55. The number of ether oxygens (including phenoxy) is 3. The van der Waals surface area contributed by atoms with Crippen LogP contribution in [0, 0.1) is 0 Å². The van der Waals surface area contributed by atoms with Crippen molar-refractivity contribution < 1.29 is 19.0 Å². The second-order valence-electron chi connectivity index (χ2n) is 4.41. The van der Waals surface area contributed by atoms with E-state index in [1.165, 1.54) is 6.26 Å². The smallest absolute Gasteiger partial charge is 0.335 e. The number of hydrogen-bond donors (Lipinski definition) is 0. The predicted octanol–water partition coefficient (Wildman–Crippen LogP) is 3.68. The van der Waals surface area contributed by atoms with Gasteiger partial charge >= 0.3 is 11.9 Å². The van der Waals surface area contributed by atoms with Crippen molar-refractivity contribution in [1.29, 1.82) is 0 Å². The summed E-state index contributed by atoms with van der Waals surface area (Å²) in [4.78, 5) is 11.1. The molecule has 0 aromatic heterocycles. The van der Waals surface area contributed by atoms with E-state index in [0.29, 0.717) is 0 Å². The fourth-order valence-corrected chi connectivity index (χ4v) is 1.95. The van der Waals surface area contributed by atoms with E-state index in [2.05, 4.69) is 6.58 Å². The lowest BCUT2D eigenvalue weighted by molar-refractivity contribution is -0.133. The average Bonchev–Trinajstić information content (AvgIpc) is 3.08. The molecule has 0 radical (unpaired) electrons. The topological polar surface area (TPSA) is 44.8 Å². The highest BCUT2D eigenvalue weighted by atomic mass is 16.7. The number of allylic oxidation sites excluding steroid dienone is 4. The molecule has 4 heteroatoms. The molecule has 0 N–H and O–H groups in total. The molecule has 0 unspecified atom stereocenters. The van der Waals surface area contributed by atoms with Crippen molar-refractivity contribution in [2.45, 2.75) is 38.5 Å². The molecule has 0 aromatic rings. The van der Waals surface area contributed by atoms with Crippen LogP contribution in [0.25, 0.3) is 0 Å². The fourth-order valence-electron chi connectivity index (χ4n) is 1.95. The molecule has 102 valence electrons. The van der Waals surface area contributed by atoms with Crippen molar-refractivity contribution in [1.82, 2.24) is 0 Å². The minimum Gasteiger partial charge on any atom is -0.429 e. The summed E-state index contributed by atoms with van der Waals surface area (Å²) in [5, 5.41) is 0. The lowest BCUT2D eigenvalue weighted by Crippen LogP contribution is -2.01. The first kappa shape index (κ1) is 13.5. The van der Waals surface area contributed by atoms with Gasteiger partial charge in [0.25, 0.3) is 0 Å². The van der Waals surface area contributed by atoms with Crippen LogP contribution < -0.4 is 0 Å². The molecule has 0 fully saturated rings. The number of carbonyl (C=O) groups excluding carboxylic acids is 1. The summed E-state index contributed by atoms with van der Waals surface area (Å²) in [6.45, 7) is 3.34. The van der Waals surface area contributed by atoms with Crippen molar-refractivity contribution >= 4 is 5.97 Å². The SMILES string of the molecule is C=CC(=O)OC=C(OC1=CCCC1)OC1=CCCC1. The first-order chi connectivity index (χ1) is 9.28. The Kier molecular flexibility index (Phi) is 4.84. The third kappa shape index (κ3) is 4.32. The largest absolute Gasteiger partial charge is 0.429 e. The van der Waals surface area contributed by atoms with Gasteiger partial charge in [0.2, 0.25) is 0 Å². The summed E-state index contributed by atoms with van der Waals surface area (Å²) < 4.78 is 16.1. The van der Waals surface area contributed by atoms with Gasteiger partial charge in [-0.25, -0.2) is 4.79 Å². The van der Waals surface area contributed by atoms with Gasteiger partial charge in [0.15, 0.2) is 6.26 Å². The molecular formula is C15H18O4. The molecule has 0 atom stereocenters. The quantitative estimate of drug-likeness (QED) is 0.416. The van der Waals surface area contributed by atoms with Crippen molar-refractivity contribution in [2.75, 3.05) is 0 Å². The maximum atomic E-state index is 11.1. The Hall–Kier alpha value is -1.97. The van der Waals surface area contributed by atoms with Crippen LogP contribution in [0.1, 0.15) is 38.5 Å². The number of hydrogen-bond acceptors (Lipinski definition) is 4. The molecule has 4 nitrogen and oxygen atoms in total. The van der Waals surface area contributed by atoms with E-state index in [0.717, 1.165) is 56.1 Å². The lowest BCUT2D eigenvalue weighted by Gasteiger charge is -2.12. The van der Waals surface area contributed by atoms with Crippen LogP contribution in [0.2, 0.25) is 0 Å². The molecule has 0 amide bonds. The van der Waals surface area contributed by atoms with Crippen LogP contribution in [-0.4, -0.2) is 5.97 Å². The van der Waals surface area contributed by atoms with E-state index in [4.69, 9.17) is 14.2 Å². The zero-order valence-corrected chi connectivity index (χ0v) is 10.9. The Morgan fingerprint density at radius 2 is 1.68 bits per heavy atom. The van der Waals surface area contributed by atoms with E-state index in [-0.39, 0.29) is 5.95 Å². The monoisotopic (exact) mass is 262 g/mol. The van der Waals surface area contributed by atoms with Crippen molar-refractivity contribution in [3.8, 4) is 0 Å². The Labute approximate surface area is 113 Å². The normalized spacial score (nSPS) is 17.3. The zero-order valence-electron chi connectivity index (χ0n) is 10.9. The summed E-state index contributed by atoms with van der Waals surface area (Å²) in [6.07, 6.45) is 12.3. The molecule has 2 aliphatic carbocycles. The van der Waals surface area contributed by atoms with Gasteiger partial charge < -0.3 is 14.2 Å². The summed E-state index contributed by atoms with van der Waals surface area (Å²) in [6, 6.07) is 0. The Morgan fingerprint density at radius 1 is 1.11 bits per heavy atom. The molecule has 0 spiro atoms. The van der Waals surface area contributed by atoms with Gasteiger partial charge in [-0.3, -0.25) is 0 Å². The van der Waals surface area contributed by atoms with Gasteiger partial charge in [0.05, 0.1) is 0 Å². The number of carbonyl (C=O) groups is 1. The first-order valence-electron chi connectivity index (χ1n) is 6.55. The Morgan fingerprint density at radius 3 is 2.11 bits per heavy atom. The molecule has 0 saturated heterocycles. The number of rotatable bonds is 6. The Balaban J connectivity index is 1.98. The Bertz CT molecular complexity index is 415. The van der Waals surface area contributed by atoms with E-state index in [1.807, 2.05) is 12.2 Å². The third-order valence-electron chi connectivity index (χ3n) is 2.90. The minimum atomic E-state index is -0.537. The predicted molar refractivity (Wildman–Crippen MR) is 70.4 cm³/mol. The maximum absolute atomic E-state index is 11.1. The zero-order chi connectivity index (χ0) is 13.5. The van der Waals surface area contributed by atoms with E-state index >= 15 is 0 Å². The minimum absolute atomic E-state index is 0.205. The fraction of sp³-hybridized carbons (Fsp3) is 0.400. The standard InChI is InChI=1S/C15H18O4/c1-2-14(16)17-11-15(18-12-7-3-4-8-12)19-13-9-5-6-10-13/h2,7,9,11H,1,3-6,8,10H2. The van der Waals surface area contributed by atoms with Crippen LogP contribution >= 0.6 is 0 Å². The highest BCUT2D eigenvalue weighted by molar-refractivity contribution is 5.81. The van der Waals surface area contributed by atoms with Gasteiger partial charge in [-0.1, -0.05) is 6.58 Å². The summed E-state index contributed by atoms with van der Waals surface area (Å²) in [5.74, 6) is 1.39. The average molecular weight is 262 g/mol. The second kappa shape index (κ2) is 6.83. The van der Waals surface area contributed by atoms with Crippen LogP contribution in [0.5, 0.6) is 0 Å². The van der Waals surface area contributed by atoms with Crippen LogP contribution in [0.4, 0.5) is 0 Å². The van der Waals surface area contributed by atoms with Crippen LogP contribution in [0.3, 0.4) is 0 Å². The molecule has 2 aliphatic rings. The van der Waals surface area contributed by atoms with Gasteiger partial charge in [-0.15, -0.1) is 0 Å². The van der Waals surface area contributed by atoms with E-state index in [1.54, 1.807) is 0 Å². The third-order valence-corrected chi connectivity index (χ3v) is 2.90. The highest BCUT2D eigenvalue weighted by Gasteiger charge is 2.14. The molecule has 0 saturated carbocycles. The van der Waals surface area contributed by atoms with E-state index < -0.39 is 5.97 Å². The second-order valence-corrected chi connectivity index (χ2v) is 4.41. The van der Waals surface area contributed by atoms with Gasteiger partial charge in [0, 0.05) is 18.9 Å². The molecule has 19 heavy (non-hydrogen) atoms. The number of esters is 1. The van der Waals surface area contributed by atoms with Crippen molar-refractivity contribution in [3.63, 3.8) is 0 Å². The lowest BCUT2D eigenvalue weighted by atomic mass is 10.4. The molecule has 2 rings (SSSR count). The summed E-state index contributed by atoms with van der Waals surface area (Å²) in [5.41, 5.74) is 0. The van der Waals surface area contributed by atoms with Crippen molar-refractivity contribution in [2.24, 2.45) is 0 Å². The summed E-state index contributed by atoms with van der Waals surface area (Å²) in [7, 11) is 0. The molecule has 0 aromatic carbocycles. The molecule has 0 heterocycles. The van der Waals surface area contributed by atoms with E-state index in [9.17, 15) is 4.79 Å². The molecule has 0 bridgehead atoms. The van der Waals surface area contributed by atoms with Crippen LogP contribution in [-0.2, 0) is 19.0 Å². The van der Waals surface area contributed by atoms with Crippen LogP contribution in [0.15, 0.2) is 48.5 Å². The van der Waals surface area contributed by atoms with Gasteiger partial charge in [0.1, 0.15) is 11.5 Å². The molecular weight excluding hydrogens is 244 g/mol.